The van der Waals surface area contributed by atoms with Crippen molar-refractivity contribution in [2.45, 2.75) is 11.4 Å². The molecule has 0 saturated heterocycles. The van der Waals surface area contributed by atoms with Crippen molar-refractivity contribution in [3.05, 3.63) is 59.1 Å². The van der Waals surface area contributed by atoms with E-state index in [1.54, 1.807) is 36.5 Å². The second-order valence-corrected chi connectivity index (χ2v) is 8.31. The summed E-state index contributed by atoms with van der Waals surface area (Å²) in [5.41, 5.74) is 1.30. The van der Waals surface area contributed by atoms with Gasteiger partial charge in [-0.2, -0.15) is 18.6 Å². The van der Waals surface area contributed by atoms with Crippen LogP contribution in [-0.4, -0.2) is 28.2 Å². The summed E-state index contributed by atoms with van der Waals surface area (Å²) in [6, 6.07) is 8.37. The predicted octanol–water partition coefficient (Wildman–Crippen LogP) is 4.93. The van der Waals surface area contributed by atoms with E-state index in [0.717, 1.165) is 6.20 Å². The maximum Gasteiger partial charge on any atom is 0.334 e. The molecular weight excluding hydrogens is 447 g/mol. The van der Waals surface area contributed by atoms with Crippen LogP contribution in [0.2, 0.25) is 10.2 Å². The number of anilines is 1. The normalized spacial score (nSPS) is 12.0. The van der Waals surface area contributed by atoms with Gasteiger partial charge in [-0.3, -0.25) is 9.71 Å². The van der Waals surface area contributed by atoms with Gasteiger partial charge in [-0.25, -0.2) is 8.42 Å². The van der Waals surface area contributed by atoms with Crippen LogP contribution in [0.1, 0.15) is 6.55 Å². The van der Waals surface area contributed by atoms with Gasteiger partial charge < -0.3 is 4.98 Å². The Morgan fingerprint density at radius 2 is 1.97 bits per heavy atom. The molecule has 0 saturated carbocycles. The number of benzene rings is 1. The number of aromatic amines is 1. The van der Waals surface area contributed by atoms with E-state index < -0.39 is 21.7 Å². The molecule has 2 N–H and O–H groups in total. The summed E-state index contributed by atoms with van der Waals surface area (Å²) >= 11 is 12.1. The summed E-state index contributed by atoms with van der Waals surface area (Å²) < 4.78 is 53.8. The quantitative estimate of drug-likeness (QED) is 0.444. The first-order valence-corrected chi connectivity index (χ1v) is 10.3. The fourth-order valence-corrected chi connectivity index (χ4v) is 4.63. The Labute approximate surface area is 173 Å². The van der Waals surface area contributed by atoms with Gasteiger partial charge in [0.2, 0.25) is 0 Å². The fourth-order valence-electron chi connectivity index (χ4n) is 2.88. The Morgan fingerprint density at radius 3 is 2.62 bits per heavy atom. The number of hydrogen-bond acceptors (Lipinski definition) is 4. The molecular formula is C17H11Cl2F2N5O2S. The van der Waals surface area contributed by atoms with Crippen molar-refractivity contribution in [2.75, 3.05) is 4.72 Å². The number of pyridine rings is 1. The van der Waals surface area contributed by atoms with Gasteiger partial charge in [0.05, 0.1) is 22.4 Å². The first-order valence-electron chi connectivity index (χ1n) is 8.04. The summed E-state index contributed by atoms with van der Waals surface area (Å²) in [5, 5.41) is 3.59. The second-order valence-electron chi connectivity index (χ2n) is 5.89. The monoisotopic (exact) mass is 457 g/mol. The molecule has 0 bridgehead atoms. The number of H-pyrrole nitrogens is 1. The summed E-state index contributed by atoms with van der Waals surface area (Å²) in [7, 11) is -4.17. The molecule has 0 aliphatic heterocycles. The van der Waals surface area contributed by atoms with Crippen molar-refractivity contribution >= 4 is 49.8 Å². The van der Waals surface area contributed by atoms with Crippen LogP contribution >= 0.6 is 23.2 Å². The summed E-state index contributed by atoms with van der Waals surface area (Å²) in [4.78, 5) is 7.06. The van der Waals surface area contributed by atoms with E-state index in [1.807, 2.05) is 0 Å². The Morgan fingerprint density at radius 1 is 1.17 bits per heavy atom. The van der Waals surface area contributed by atoms with Gasteiger partial charge in [0.15, 0.2) is 5.15 Å². The lowest BCUT2D eigenvalue weighted by Gasteiger charge is -2.08. The van der Waals surface area contributed by atoms with Crippen LogP contribution in [0.4, 0.5) is 14.5 Å². The molecule has 0 aliphatic rings. The second kappa shape index (κ2) is 7.29. The maximum absolute atomic E-state index is 12.9. The van der Waals surface area contributed by atoms with E-state index in [2.05, 4.69) is 19.8 Å². The van der Waals surface area contributed by atoms with Crippen LogP contribution in [0, 0.1) is 0 Å². The van der Waals surface area contributed by atoms with Gasteiger partial charge in [-0.1, -0.05) is 29.3 Å². The smallest absolute Gasteiger partial charge is 0.334 e. The number of sulfonamides is 1. The molecule has 3 aromatic heterocycles. The molecule has 150 valence electrons. The van der Waals surface area contributed by atoms with Crippen molar-refractivity contribution < 1.29 is 17.2 Å². The van der Waals surface area contributed by atoms with Crippen molar-refractivity contribution in [1.29, 1.82) is 0 Å². The Balaban J connectivity index is 1.81. The van der Waals surface area contributed by atoms with Crippen molar-refractivity contribution in [3.63, 3.8) is 0 Å². The molecule has 4 rings (SSSR count). The van der Waals surface area contributed by atoms with Gasteiger partial charge in [0.1, 0.15) is 10.6 Å². The van der Waals surface area contributed by atoms with Gasteiger partial charge in [-0.05, 0) is 24.3 Å². The highest BCUT2D eigenvalue weighted by molar-refractivity contribution is 7.93. The van der Waals surface area contributed by atoms with Crippen molar-refractivity contribution in [1.82, 2.24) is 19.7 Å². The van der Waals surface area contributed by atoms with E-state index in [-0.39, 0.29) is 15.3 Å². The molecule has 0 amide bonds. The van der Waals surface area contributed by atoms with E-state index in [9.17, 15) is 17.2 Å². The fraction of sp³-hybridized carbons (Fsp3) is 0.0588. The maximum atomic E-state index is 12.9. The molecule has 4 aromatic rings. The minimum Gasteiger partial charge on any atom is -0.359 e. The minimum absolute atomic E-state index is 0.109. The number of nitrogens with zero attached hydrogens (tertiary/aromatic N) is 3. The Kier molecular flexibility index (Phi) is 4.93. The third kappa shape index (κ3) is 3.43. The van der Waals surface area contributed by atoms with Crippen LogP contribution < -0.4 is 4.72 Å². The first-order chi connectivity index (χ1) is 13.8. The molecule has 0 atom stereocenters. The van der Waals surface area contributed by atoms with E-state index in [1.165, 1.54) is 6.20 Å². The molecule has 12 heteroatoms. The lowest BCUT2D eigenvalue weighted by molar-refractivity contribution is 0.0570. The number of nitrogens with one attached hydrogen (secondary N) is 2. The SMILES string of the molecule is O=S(=O)(Nc1cnn(C(F)F)c1Cl)c1c[nH]c2c(-c3ccccn3)c(Cl)ccc12. The number of alkyl halides is 2. The van der Waals surface area contributed by atoms with Crippen LogP contribution in [0.25, 0.3) is 22.2 Å². The highest BCUT2D eigenvalue weighted by Gasteiger charge is 2.25. The van der Waals surface area contributed by atoms with Crippen molar-refractivity contribution in [2.24, 2.45) is 0 Å². The van der Waals surface area contributed by atoms with Crippen molar-refractivity contribution in [3.8, 4) is 11.3 Å². The van der Waals surface area contributed by atoms with Gasteiger partial charge in [0.25, 0.3) is 10.0 Å². The third-order valence-electron chi connectivity index (χ3n) is 4.14. The van der Waals surface area contributed by atoms with E-state index >= 15 is 0 Å². The molecule has 0 fully saturated rings. The summed E-state index contributed by atoms with van der Waals surface area (Å²) in [6.07, 6.45) is 3.79. The lowest BCUT2D eigenvalue weighted by Crippen LogP contribution is -2.12. The summed E-state index contributed by atoms with van der Waals surface area (Å²) in [5.74, 6) is 0. The zero-order valence-corrected chi connectivity index (χ0v) is 16.6. The zero-order valence-electron chi connectivity index (χ0n) is 14.3. The molecule has 7 nitrogen and oxygen atoms in total. The summed E-state index contributed by atoms with van der Waals surface area (Å²) in [6.45, 7) is -3.00. The molecule has 1 aromatic carbocycles. The Hall–Kier alpha value is -2.69. The van der Waals surface area contributed by atoms with Crippen LogP contribution in [0.3, 0.4) is 0 Å². The van der Waals surface area contributed by atoms with Crippen LogP contribution in [-0.2, 0) is 10.0 Å². The lowest BCUT2D eigenvalue weighted by atomic mass is 10.1. The average molecular weight is 458 g/mol. The van der Waals surface area contributed by atoms with E-state index in [0.29, 0.717) is 27.2 Å². The molecule has 3 heterocycles. The number of rotatable bonds is 5. The molecule has 0 spiro atoms. The molecule has 0 radical (unpaired) electrons. The highest BCUT2D eigenvalue weighted by Crippen LogP contribution is 2.37. The minimum atomic E-state index is -4.17. The third-order valence-corrected chi connectivity index (χ3v) is 6.24. The first kappa shape index (κ1) is 19.6. The molecule has 0 aliphatic carbocycles. The number of hydrogen-bond donors (Lipinski definition) is 2. The number of fused-ring (bicyclic) bond motifs is 1. The van der Waals surface area contributed by atoms with Crippen LogP contribution in [0.15, 0.2) is 53.8 Å². The molecule has 0 unspecified atom stereocenters. The highest BCUT2D eigenvalue weighted by atomic mass is 35.5. The van der Waals surface area contributed by atoms with Gasteiger partial charge >= 0.3 is 6.55 Å². The molecule has 29 heavy (non-hydrogen) atoms. The Bertz CT molecular complexity index is 1310. The van der Waals surface area contributed by atoms with Gasteiger partial charge in [-0.15, -0.1) is 0 Å². The van der Waals surface area contributed by atoms with E-state index in [4.69, 9.17) is 23.2 Å². The number of aromatic nitrogens is 4. The van der Waals surface area contributed by atoms with Gasteiger partial charge in [0, 0.05) is 23.3 Å². The zero-order chi connectivity index (χ0) is 20.8. The standard InChI is InChI=1S/C17H11Cl2F2N5O2S/c18-10-5-4-9-13(8-23-15(9)14(10)11-3-1-2-6-22-11)29(27,28)25-12-7-24-26(16(12)19)17(20)21/h1-8,17,23,25H. The topological polar surface area (TPSA) is 92.7 Å². The average Bonchev–Trinajstić information content (AvgIpc) is 3.26. The largest absolute Gasteiger partial charge is 0.359 e. The number of halogens is 4. The van der Waals surface area contributed by atoms with Crippen LogP contribution in [0.5, 0.6) is 0 Å². The predicted molar refractivity (Wildman–Crippen MR) is 106 cm³/mol.